The summed E-state index contributed by atoms with van der Waals surface area (Å²) < 4.78 is 0. The van der Waals surface area contributed by atoms with Gasteiger partial charge in [0.1, 0.15) is 6.42 Å². The van der Waals surface area contributed by atoms with E-state index in [1.807, 2.05) is 17.7 Å². The fourth-order valence-corrected chi connectivity index (χ4v) is 2.71. The molecule has 2 heterocycles. The molecule has 2 aromatic rings. The van der Waals surface area contributed by atoms with Gasteiger partial charge in [0.15, 0.2) is 5.13 Å². The number of hydrogen-bond donors (Lipinski definition) is 1. The summed E-state index contributed by atoms with van der Waals surface area (Å²) in [5.74, 6) is -0.324. The molecule has 0 spiro atoms. The van der Waals surface area contributed by atoms with Crippen molar-refractivity contribution in [2.45, 2.75) is 13.3 Å². The number of thiazole rings is 1. The van der Waals surface area contributed by atoms with E-state index in [4.69, 9.17) is 5.26 Å². The first kappa shape index (κ1) is 11.8. The average molecular weight is 263 g/mol. The van der Waals surface area contributed by atoms with E-state index in [0.29, 0.717) is 5.13 Å². The summed E-state index contributed by atoms with van der Waals surface area (Å²) in [5.41, 5.74) is 1.91. The summed E-state index contributed by atoms with van der Waals surface area (Å²) in [6.45, 7) is 2.04. The molecule has 86 valence electrons. The number of nitrogens with one attached hydrogen (secondary N) is 1. The Morgan fingerprint density at radius 2 is 2.35 bits per heavy atom. The number of anilines is 1. The predicted octanol–water partition coefficient (Wildman–Crippen LogP) is 3.03. The van der Waals surface area contributed by atoms with E-state index in [1.165, 1.54) is 16.2 Å². The number of carbonyl (C=O) groups is 1. The molecule has 2 aromatic heterocycles. The van der Waals surface area contributed by atoms with E-state index < -0.39 is 0 Å². The molecule has 0 aliphatic rings. The second kappa shape index (κ2) is 5.08. The van der Waals surface area contributed by atoms with Gasteiger partial charge in [-0.05, 0) is 13.0 Å². The minimum atomic E-state index is -0.324. The lowest BCUT2D eigenvalue weighted by Gasteiger charge is -1.95. The van der Waals surface area contributed by atoms with Crippen LogP contribution in [0.3, 0.4) is 0 Å². The van der Waals surface area contributed by atoms with Crippen LogP contribution < -0.4 is 5.32 Å². The van der Waals surface area contributed by atoms with Crippen LogP contribution >= 0.6 is 22.7 Å². The minimum absolute atomic E-state index is 0.146. The smallest absolute Gasteiger partial charge is 0.240 e. The van der Waals surface area contributed by atoms with Crippen LogP contribution in [0.2, 0.25) is 0 Å². The van der Waals surface area contributed by atoms with Gasteiger partial charge < -0.3 is 5.32 Å². The van der Waals surface area contributed by atoms with Crippen molar-refractivity contribution in [1.29, 1.82) is 5.26 Å². The van der Waals surface area contributed by atoms with Gasteiger partial charge >= 0.3 is 0 Å². The monoisotopic (exact) mass is 263 g/mol. The van der Waals surface area contributed by atoms with Crippen LogP contribution in [0.4, 0.5) is 5.13 Å². The first-order valence-electron chi connectivity index (χ1n) is 4.87. The first-order valence-corrected chi connectivity index (χ1v) is 6.63. The van der Waals surface area contributed by atoms with Crippen molar-refractivity contribution in [2.24, 2.45) is 0 Å². The standard InChI is InChI=1S/C11H9N3OS2/c1-7-4-8(5-16-7)9-6-17-11(13-9)14-10(15)2-3-12/h4-6H,2H2,1H3,(H,13,14,15). The SMILES string of the molecule is Cc1cc(-c2csc(NC(=O)CC#N)n2)cs1. The molecule has 0 bridgehead atoms. The van der Waals surface area contributed by atoms with Gasteiger partial charge in [0.25, 0.3) is 0 Å². The van der Waals surface area contributed by atoms with Crippen molar-refractivity contribution in [2.75, 3.05) is 5.32 Å². The van der Waals surface area contributed by atoms with Crippen molar-refractivity contribution < 1.29 is 4.79 Å². The highest BCUT2D eigenvalue weighted by atomic mass is 32.1. The summed E-state index contributed by atoms with van der Waals surface area (Å²) in [6.07, 6.45) is -0.146. The van der Waals surface area contributed by atoms with Gasteiger partial charge in [-0.25, -0.2) is 4.98 Å². The van der Waals surface area contributed by atoms with Gasteiger partial charge in [-0.2, -0.15) is 5.26 Å². The van der Waals surface area contributed by atoms with Crippen molar-refractivity contribution in [3.63, 3.8) is 0 Å². The predicted molar refractivity (Wildman–Crippen MR) is 69.0 cm³/mol. The summed E-state index contributed by atoms with van der Waals surface area (Å²) >= 11 is 3.02. The molecule has 0 saturated heterocycles. The molecule has 0 unspecified atom stereocenters. The molecule has 0 atom stereocenters. The highest BCUT2D eigenvalue weighted by molar-refractivity contribution is 7.14. The number of carbonyl (C=O) groups excluding carboxylic acids is 1. The zero-order valence-electron chi connectivity index (χ0n) is 9.06. The third-order valence-electron chi connectivity index (χ3n) is 2.02. The van der Waals surface area contributed by atoms with Gasteiger partial charge in [-0.3, -0.25) is 4.79 Å². The van der Waals surface area contributed by atoms with Crippen LogP contribution in [0.25, 0.3) is 11.3 Å². The van der Waals surface area contributed by atoms with Crippen LogP contribution in [-0.4, -0.2) is 10.9 Å². The minimum Gasteiger partial charge on any atom is -0.301 e. The zero-order valence-corrected chi connectivity index (χ0v) is 10.7. The maximum Gasteiger partial charge on any atom is 0.240 e. The van der Waals surface area contributed by atoms with Crippen molar-refractivity contribution in [1.82, 2.24) is 4.98 Å². The molecule has 0 aliphatic heterocycles. The molecule has 2 rings (SSSR count). The van der Waals surface area contributed by atoms with Crippen LogP contribution in [0.1, 0.15) is 11.3 Å². The van der Waals surface area contributed by atoms with Crippen LogP contribution in [-0.2, 0) is 4.79 Å². The van der Waals surface area contributed by atoms with Gasteiger partial charge in [0.2, 0.25) is 5.91 Å². The number of amides is 1. The topological polar surface area (TPSA) is 65.8 Å². The largest absolute Gasteiger partial charge is 0.301 e. The molecule has 0 radical (unpaired) electrons. The second-order valence-electron chi connectivity index (χ2n) is 3.37. The molecule has 6 heteroatoms. The number of nitriles is 1. The number of aromatic nitrogens is 1. The number of nitrogens with zero attached hydrogens (tertiary/aromatic N) is 2. The molecule has 4 nitrogen and oxygen atoms in total. The summed E-state index contributed by atoms with van der Waals surface area (Å²) in [7, 11) is 0. The zero-order chi connectivity index (χ0) is 12.3. The Hall–Kier alpha value is -1.71. The lowest BCUT2D eigenvalue weighted by molar-refractivity contribution is -0.115. The number of hydrogen-bond acceptors (Lipinski definition) is 5. The van der Waals surface area contributed by atoms with Gasteiger partial charge in [-0.15, -0.1) is 22.7 Å². The number of thiophene rings is 1. The first-order chi connectivity index (χ1) is 8.19. The molecular formula is C11H9N3OS2. The normalized spacial score (nSPS) is 9.88. The summed E-state index contributed by atoms with van der Waals surface area (Å²) in [4.78, 5) is 16.7. The quantitative estimate of drug-likeness (QED) is 0.925. The third kappa shape index (κ3) is 2.90. The van der Waals surface area contributed by atoms with Crippen molar-refractivity contribution in [3.05, 3.63) is 21.7 Å². The maximum atomic E-state index is 11.2. The van der Waals surface area contributed by atoms with Gasteiger partial charge in [0, 0.05) is 21.2 Å². The van der Waals surface area contributed by atoms with Crippen LogP contribution in [0, 0.1) is 18.3 Å². The molecule has 17 heavy (non-hydrogen) atoms. The fourth-order valence-electron chi connectivity index (χ4n) is 1.28. The molecule has 1 amide bonds. The molecule has 0 aromatic carbocycles. The van der Waals surface area contributed by atoms with Gasteiger partial charge in [-0.1, -0.05) is 0 Å². The molecular weight excluding hydrogens is 254 g/mol. The Labute approximate surface area is 107 Å². The Bertz CT molecular complexity index is 580. The molecule has 0 aliphatic carbocycles. The molecule has 0 saturated carbocycles. The van der Waals surface area contributed by atoms with Crippen molar-refractivity contribution >= 4 is 33.7 Å². The van der Waals surface area contributed by atoms with Crippen molar-refractivity contribution in [3.8, 4) is 17.3 Å². The Morgan fingerprint density at radius 1 is 1.53 bits per heavy atom. The van der Waals surface area contributed by atoms with E-state index in [-0.39, 0.29) is 12.3 Å². The van der Waals surface area contributed by atoms with E-state index >= 15 is 0 Å². The van der Waals surface area contributed by atoms with Gasteiger partial charge in [0.05, 0.1) is 11.8 Å². The molecule has 1 N–H and O–H groups in total. The van der Waals surface area contributed by atoms with E-state index in [2.05, 4.69) is 16.4 Å². The van der Waals surface area contributed by atoms with E-state index in [1.54, 1.807) is 17.4 Å². The molecule has 0 fully saturated rings. The Balaban J connectivity index is 2.11. The lowest BCUT2D eigenvalue weighted by Crippen LogP contribution is -2.09. The third-order valence-corrected chi connectivity index (χ3v) is 3.64. The van der Waals surface area contributed by atoms with Crippen LogP contribution in [0.5, 0.6) is 0 Å². The average Bonchev–Trinajstić information content (AvgIpc) is 2.87. The second-order valence-corrected chi connectivity index (χ2v) is 5.34. The summed E-state index contributed by atoms with van der Waals surface area (Å²) in [6, 6.07) is 3.85. The number of aryl methyl sites for hydroxylation is 1. The number of rotatable bonds is 3. The highest BCUT2D eigenvalue weighted by Gasteiger charge is 2.08. The van der Waals surface area contributed by atoms with E-state index in [0.717, 1.165) is 11.3 Å². The van der Waals surface area contributed by atoms with E-state index in [9.17, 15) is 4.79 Å². The fraction of sp³-hybridized carbons (Fsp3) is 0.182. The summed E-state index contributed by atoms with van der Waals surface area (Å²) in [5, 5.41) is 15.4. The Kier molecular flexibility index (Phi) is 3.52. The lowest BCUT2D eigenvalue weighted by atomic mass is 10.2. The Morgan fingerprint density at radius 3 is 3.00 bits per heavy atom. The maximum absolute atomic E-state index is 11.2. The van der Waals surface area contributed by atoms with Crippen LogP contribution in [0.15, 0.2) is 16.8 Å². The highest BCUT2D eigenvalue weighted by Crippen LogP contribution is 2.28.